The summed E-state index contributed by atoms with van der Waals surface area (Å²) in [6.45, 7) is 9.95. The van der Waals surface area contributed by atoms with Crippen molar-refractivity contribution in [3.8, 4) is 5.75 Å². The number of aryl methyl sites for hydroxylation is 1. The topological polar surface area (TPSA) is 108 Å². The van der Waals surface area contributed by atoms with Gasteiger partial charge in [0.25, 0.3) is 0 Å². The average Bonchev–Trinajstić information content (AvgIpc) is 2.96. The molecule has 8 heteroatoms. The molecule has 0 bridgehead atoms. The highest BCUT2D eigenvalue weighted by atomic mass is 16.6. The Bertz CT molecular complexity index is 1320. The third-order valence-corrected chi connectivity index (χ3v) is 6.91. The number of phenolic OH excluding ortho intramolecular Hbond substituents is 1. The van der Waals surface area contributed by atoms with Crippen molar-refractivity contribution in [2.75, 3.05) is 6.54 Å². The van der Waals surface area contributed by atoms with E-state index in [1.165, 1.54) is 12.1 Å². The highest BCUT2D eigenvalue weighted by molar-refractivity contribution is 5.92. The van der Waals surface area contributed by atoms with Crippen LogP contribution in [-0.4, -0.2) is 46.1 Å². The number of amides is 3. The van der Waals surface area contributed by atoms with Crippen molar-refractivity contribution >= 4 is 17.9 Å². The summed E-state index contributed by atoms with van der Waals surface area (Å²) in [4.78, 5) is 43.0. The second-order valence-electron chi connectivity index (χ2n) is 11.8. The van der Waals surface area contributed by atoms with Crippen molar-refractivity contribution in [2.45, 2.75) is 84.5 Å². The fourth-order valence-corrected chi connectivity index (χ4v) is 4.72. The molecule has 3 N–H and O–H groups in total. The van der Waals surface area contributed by atoms with Gasteiger partial charge in [0.05, 0.1) is 0 Å². The number of carbonyl (C=O) groups is 3. The fourth-order valence-electron chi connectivity index (χ4n) is 4.72. The Balaban J connectivity index is 2.01. The van der Waals surface area contributed by atoms with Crippen LogP contribution in [0.1, 0.15) is 75.3 Å². The summed E-state index contributed by atoms with van der Waals surface area (Å²) in [5, 5.41) is 15.6. The molecule has 3 amide bonds. The Morgan fingerprint density at radius 1 is 0.884 bits per heavy atom. The van der Waals surface area contributed by atoms with Crippen LogP contribution >= 0.6 is 0 Å². The molecule has 0 spiro atoms. The van der Waals surface area contributed by atoms with E-state index < -0.39 is 29.7 Å². The number of phenols is 1. The lowest BCUT2D eigenvalue weighted by atomic mass is 9.99. The monoisotopic (exact) mass is 587 g/mol. The second-order valence-corrected chi connectivity index (χ2v) is 11.8. The zero-order valence-corrected chi connectivity index (χ0v) is 25.9. The fraction of sp³-hybridized carbons (Fsp3) is 0.400. The average molecular weight is 588 g/mol. The van der Waals surface area contributed by atoms with Crippen molar-refractivity contribution in [3.63, 3.8) is 0 Å². The van der Waals surface area contributed by atoms with Gasteiger partial charge < -0.3 is 25.4 Å². The van der Waals surface area contributed by atoms with E-state index in [-0.39, 0.29) is 18.1 Å². The first-order chi connectivity index (χ1) is 20.5. The summed E-state index contributed by atoms with van der Waals surface area (Å²) >= 11 is 0. The number of aromatic hydroxyl groups is 1. The summed E-state index contributed by atoms with van der Waals surface area (Å²) in [5.74, 6) is -0.601. The van der Waals surface area contributed by atoms with Crippen molar-refractivity contribution < 1.29 is 24.2 Å². The number of carbonyl (C=O) groups excluding carboxylic acids is 3. The molecule has 230 valence electrons. The van der Waals surface area contributed by atoms with E-state index in [0.29, 0.717) is 25.1 Å². The minimum absolute atomic E-state index is 0.0995. The number of rotatable bonds is 13. The number of hydrogen-bond donors (Lipinski definition) is 3. The van der Waals surface area contributed by atoms with Gasteiger partial charge in [-0.15, -0.1) is 0 Å². The lowest BCUT2D eigenvalue weighted by Gasteiger charge is -2.35. The molecule has 0 aromatic heterocycles. The van der Waals surface area contributed by atoms with Crippen LogP contribution in [0.2, 0.25) is 0 Å². The molecule has 0 aliphatic rings. The molecule has 0 heterocycles. The Morgan fingerprint density at radius 2 is 1.53 bits per heavy atom. The summed E-state index contributed by atoms with van der Waals surface area (Å²) in [7, 11) is 0. The Morgan fingerprint density at radius 3 is 2.14 bits per heavy atom. The van der Waals surface area contributed by atoms with Crippen LogP contribution in [0.4, 0.5) is 4.79 Å². The van der Waals surface area contributed by atoms with E-state index in [2.05, 4.69) is 17.6 Å². The molecule has 0 fully saturated rings. The molecule has 3 aromatic rings. The third kappa shape index (κ3) is 10.8. The first-order valence-electron chi connectivity index (χ1n) is 14.9. The number of ether oxygens (including phenoxy) is 1. The molecule has 2 unspecified atom stereocenters. The van der Waals surface area contributed by atoms with Crippen LogP contribution < -0.4 is 10.6 Å². The largest absolute Gasteiger partial charge is 0.508 e. The van der Waals surface area contributed by atoms with Gasteiger partial charge >= 0.3 is 6.09 Å². The van der Waals surface area contributed by atoms with Gasteiger partial charge in [0.2, 0.25) is 11.8 Å². The molecule has 8 nitrogen and oxygen atoms in total. The maximum atomic E-state index is 14.5. The first kappa shape index (κ1) is 33.2. The van der Waals surface area contributed by atoms with E-state index in [9.17, 15) is 19.5 Å². The Kier molecular flexibility index (Phi) is 12.2. The highest BCUT2D eigenvalue weighted by Gasteiger charge is 2.36. The third-order valence-electron chi connectivity index (χ3n) is 6.91. The van der Waals surface area contributed by atoms with Crippen LogP contribution in [0.25, 0.3) is 0 Å². The van der Waals surface area contributed by atoms with Crippen LogP contribution in [0.15, 0.2) is 78.9 Å². The van der Waals surface area contributed by atoms with Crippen molar-refractivity contribution in [2.24, 2.45) is 0 Å². The lowest BCUT2D eigenvalue weighted by Crippen LogP contribution is -2.54. The summed E-state index contributed by atoms with van der Waals surface area (Å²) < 4.78 is 5.51. The van der Waals surface area contributed by atoms with E-state index >= 15 is 0 Å². The van der Waals surface area contributed by atoms with Crippen LogP contribution in [0.3, 0.4) is 0 Å². The first-order valence-corrected chi connectivity index (χ1v) is 14.9. The van der Waals surface area contributed by atoms with Crippen molar-refractivity contribution in [1.29, 1.82) is 0 Å². The number of unbranched alkanes of at least 4 members (excludes halogenated alkanes) is 2. The van der Waals surface area contributed by atoms with Gasteiger partial charge in [-0.25, -0.2) is 4.79 Å². The molecule has 0 saturated carbocycles. The molecule has 0 aliphatic heterocycles. The van der Waals surface area contributed by atoms with Crippen LogP contribution in [0, 0.1) is 6.92 Å². The quantitative estimate of drug-likeness (QED) is 0.206. The van der Waals surface area contributed by atoms with Crippen LogP contribution in [0.5, 0.6) is 5.75 Å². The molecule has 2 atom stereocenters. The maximum absolute atomic E-state index is 14.5. The second kappa shape index (κ2) is 15.8. The van der Waals surface area contributed by atoms with Crippen molar-refractivity contribution in [3.05, 3.63) is 101 Å². The van der Waals surface area contributed by atoms with Crippen molar-refractivity contribution in [1.82, 2.24) is 15.5 Å². The van der Waals surface area contributed by atoms with E-state index in [4.69, 9.17) is 4.74 Å². The van der Waals surface area contributed by atoms with Gasteiger partial charge in [0.15, 0.2) is 0 Å². The van der Waals surface area contributed by atoms with Gasteiger partial charge in [-0.05, 0) is 62.9 Å². The Hall–Kier alpha value is -4.33. The molecular formula is C35H45N3O5. The minimum atomic E-state index is -1.02. The van der Waals surface area contributed by atoms with Crippen LogP contribution in [-0.2, 0) is 27.3 Å². The minimum Gasteiger partial charge on any atom is -0.508 e. The number of benzene rings is 3. The predicted molar refractivity (Wildman–Crippen MR) is 168 cm³/mol. The summed E-state index contributed by atoms with van der Waals surface area (Å²) in [6, 6.07) is 21.8. The molecule has 0 aliphatic carbocycles. The number of nitrogens with one attached hydrogen (secondary N) is 2. The zero-order valence-electron chi connectivity index (χ0n) is 25.9. The number of hydrogen-bond acceptors (Lipinski definition) is 5. The smallest absolute Gasteiger partial charge is 0.408 e. The molecule has 43 heavy (non-hydrogen) atoms. The summed E-state index contributed by atoms with van der Waals surface area (Å²) in [6.07, 6.45) is 1.92. The van der Waals surface area contributed by atoms with E-state index in [1.807, 2.05) is 61.5 Å². The molecule has 3 rings (SSSR count). The molecule has 3 aromatic carbocycles. The van der Waals surface area contributed by atoms with E-state index in [1.54, 1.807) is 37.8 Å². The van der Waals surface area contributed by atoms with Gasteiger partial charge in [0.1, 0.15) is 23.4 Å². The van der Waals surface area contributed by atoms with Gasteiger partial charge in [-0.1, -0.05) is 92.1 Å². The predicted octanol–water partition coefficient (Wildman–Crippen LogP) is 6.21. The zero-order chi connectivity index (χ0) is 31.4. The molecular weight excluding hydrogens is 542 g/mol. The van der Waals surface area contributed by atoms with E-state index in [0.717, 1.165) is 29.5 Å². The SMILES string of the molecule is CCCCCN(C(=O)C(Cc1ccc(O)cc1)NC(=O)OC(C)(C)C)C(C(=O)NCc1ccccc1)c1ccc(C)cc1. The number of nitrogens with zero attached hydrogens (tertiary/aromatic N) is 1. The van der Waals surface area contributed by atoms with Gasteiger partial charge in [0, 0.05) is 19.5 Å². The van der Waals surface area contributed by atoms with Gasteiger partial charge in [-0.2, -0.15) is 0 Å². The summed E-state index contributed by atoms with van der Waals surface area (Å²) in [5.41, 5.74) is 2.63. The van der Waals surface area contributed by atoms with Gasteiger partial charge in [-0.3, -0.25) is 9.59 Å². The highest BCUT2D eigenvalue weighted by Crippen LogP contribution is 2.25. The maximum Gasteiger partial charge on any atom is 0.408 e. The molecule has 0 radical (unpaired) electrons. The normalized spacial score (nSPS) is 12.6. The number of alkyl carbamates (subject to hydrolysis) is 1. The Labute approximate surface area is 255 Å². The molecule has 0 saturated heterocycles. The standard InChI is InChI=1S/C35H45N3O5/c1-6-7-11-22-38(31(28-18-14-25(2)15-19-28)32(40)36-24-27-12-9-8-10-13-27)33(41)30(37-34(42)43-35(3,4)5)23-26-16-20-29(39)21-17-26/h8-10,12-21,30-31,39H,6-7,11,22-24H2,1-5H3,(H,36,40)(H,37,42). The lowest BCUT2D eigenvalue weighted by molar-refractivity contribution is -0.142.